The molecule has 1 fully saturated rings. The number of ether oxygens (including phenoxy) is 2. The van der Waals surface area contributed by atoms with Crippen molar-refractivity contribution in [3.05, 3.63) is 35.5 Å². The van der Waals surface area contributed by atoms with Crippen LogP contribution in [0, 0.1) is 0 Å². The van der Waals surface area contributed by atoms with Crippen molar-refractivity contribution in [1.29, 1.82) is 0 Å². The molecule has 2 aromatic rings. The van der Waals surface area contributed by atoms with Crippen molar-refractivity contribution in [3.8, 4) is 0 Å². The summed E-state index contributed by atoms with van der Waals surface area (Å²) in [5, 5.41) is 6.28. The lowest BCUT2D eigenvalue weighted by atomic mass is 9.93. The quantitative estimate of drug-likeness (QED) is 0.485. The molecule has 1 saturated heterocycles. The predicted octanol–water partition coefficient (Wildman–Crippen LogP) is 5.99. The first-order chi connectivity index (χ1) is 16.7. The SMILES string of the molecule is CN(CCN(C)C(=O)OC(C)(C)C)Cc1nn(C2CCCCO2)c2ccc(C3=CCCCC3)cc12. The Morgan fingerprint density at radius 1 is 1.17 bits per heavy atom. The van der Waals surface area contributed by atoms with Crippen LogP contribution in [0.5, 0.6) is 0 Å². The number of likely N-dealkylation sites (N-methyl/N-ethyl adjacent to an activating group) is 2. The first kappa shape index (κ1) is 25.7. The van der Waals surface area contributed by atoms with Crippen LogP contribution in [-0.4, -0.2) is 65.1 Å². The number of nitrogens with zero attached hydrogens (tertiary/aromatic N) is 4. The van der Waals surface area contributed by atoms with Gasteiger partial charge in [0.1, 0.15) is 5.60 Å². The minimum absolute atomic E-state index is 0.00311. The van der Waals surface area contributed by atoms with E-state index in [4.69, 9.17) is 14.6 Å². The van der Waals surface area contributed by atoms with Crippen molar-refractivity contribution in [2.75, 3.05) is 33.8 Å². The highest BCUT2D eigenvalue weighted by Crippen LogP contribution is 2.33. The summed E-state index contributed by atoms with van der Waals surface area (Å²) in [6.07, 6.45) is 10.3. The van der Waals surface area contributed by atoms with Crippen molar-refractivity contribution >= 4 is 22.6 Å². The summed E-state index contributed by atoms with van der Waals surface area (Å²) < 4.78 is 13.7. The second-order valence-corrected chi connectivity index (χ2v) is 11.1. The topological polar surface area (TPSA) is 59.8 Å². The van der Waals surface area contributed by atoms with Gasteiger partial charge in [-0.25, -0.2) is 9.48 Å². The highest BCUT2D eigenvalue weighted by Gasteiger charge is 2.23. The zero-order valence-corrected chi connectivity index (χ0v) is 22.2. The van der Waals surface area contributed by atoms with Crippen LogP contribution in [0.15, 0.2) is 24.3 Å². The average molecular weight is 483 g/mol. The lowest BCUT2D eigenvalue weighted by molar-refractivity contribution is -0.0370. The molecule has 0 bridgehead atoms. The molecule has 0 radical (unpaired) electrons. The predicted molar refractivity (Wildman–Crippen MR) is 140 cm³/mol. The average Bonchev–Trinajstić information content (AvgIpc) is 3.20. The normalized spacial score (nSPS) is 19.1. The minimum atomic E-state index is -0.490. The number of fused-ring (bicyclic) bond motifs is 1. The Balaban J connectivity index is 1.53. The van der Waals surface area contributed by atoms with E-state index in [1.54, 1.807) is 11.9 Å². The fourth-order valence-corrected chi connectivity index (χ4v) is 4.84. The van der Waals surface area contributed by atoms with Crippen LogP contribution < -0.4 is 0 Å². The molecule has 1 aliphatic heterocycles. The van der Waals surface area contributed by atoms with Crippen molar-refractivity contribution in [2.24, 2.45) is 0 Å². The number of rotatable bonds is 7. The zero-order valence-electron chi connectivity index (χ0n) is 22.2. The molecule has 1 amide bonds. The first-order valence-corrected chi connectivity index (χ1v) is 13.2. The van der Waals surface area contributed by atoms with E-state index < -0.39 is 5.60 Å². The third kappa shape index (κ3) is 6.64. The highest BCUT2D eigenvalue weighted by molar-refractivity contribution is 5.86. The Labute approximate surface area is 210 Å². The van der Waals surface area contributed by atoms with Crippen LogP contribution in [0.3, 0.4) is 0 Å². The van der Waals surface area contributed by atoms with E-state index in [1.165, 1.54) is 42.2 Å². The largest absolute Gasteiger partial charge is 0.444 e. The molecule has 7 heteroatoms. The van der Waals surface area contributed by atoms with Gasteiger partial charge in [-0.3, -0.25) is 4.90 Å². The van der Waals surface area contributed by atoms with Crippen molar-refractivity contribution in [2.45, 2.75) is 84.1 Å². The van der Waals surface area contributed by atoms with Gasteiger partial charge in [0.25, 0.3) is 0 Å². The molecule has 1 atom stereocenters. The molecule has 1 aliphatic carbocycles. The van der Waals surface area contributed by atoms with Gasteiger partial charge in [0.05, 0.1) is 11.2 Å². The number of aromatic nitrogens is 2. The maximum atomic E-state index is 12.3. The molecular weight excluding hydrogens is 440 g/mol. The van der Waals surface area contributed by atoms with Crippen molar-refractivity contribution in [1.82, 2.24) is 19.6 Å². The molecule has 35 heavy (non-hydrogen) atoms. The molecule has 0 N–H and O–H groups in total. The van der Waals surface area contributed by atoms with Gasteiger partial charge < -0.3 is 14.4 Å². The Morgan fingerprint density at radius 2 is 2.00 bits per heavy atom. The van der Waals surface area contributed by atoms with Crippen molar-refractivity contribution < 1.29 is 14.3 Å². The van der Waals surface area contributed by atoms with E-state index in [0.29, 0.717) is 13.1 Å². The van der Waals surface area contributed by atoms with E-state index in [9.17, 15) is 4.79 Å². The second-order valence-electron chi connectivity index (χ2n) is 11.1. The molecule has 192 valence electrons. The van der Waals surface area contributed by atoms with Gasteiger partial charge in [-0.15, -0.1) is 0 Å². The van der Waals surface area contributed by atoms with Gasteiger partial charge in [-0.2, -0.15) is 5.10 Å². The molecule has 2 aliphatic rings. The molecule has 0 saturated carbocycles. The number of carbonyl (C=O) groups is 1. The zero-order chi connectivity index (χ0) is 25.0. The van der Waals surface area contributed by atoms with Gasteiger partial charge in [0.15, 0.2) is 6.23 Å². The van der Waals surface area contributed by atoms with E-state index in [-0.39, 0.29) is 12.3 Å². The molecule has 1 unspecified atom stereocenters. The number of allylic oxidation sites excluding steroid dienone is 2. The number of hydrogen-bond acceptors (Lipinski definition) is 5. The lowest BCUT2D eigenvalue weighted by Gasteiger charge is -2.26. The van der Waals surface area contributed by atoms with E-state index in [2.05, 4.69) is 40.9 Å². The van der Waals surface area contributed by atoms with Gasteiger partial charge in [-0.05, 0) is 96.0 Å². The standard InChI is InChI=1S/C28H42N4O3/c1-28(2,3)35-27(33)31(5)17-16-30(4)20-24-23-19-22(21-11-7-6-8-12-21)14-15-25(23)32(29-24)26-13-9-10-18-34-26/h11,14-15,19,26H,6-10,12-13,16-18,20H2,1-5H3. The van der Waals surface area contributed by atoms with E-state index >= 15 is 0 Å². The molecule has 4 rings (SSSR count). The van der Waals surface area contributed by atoms with Crippen molar-refractivity contribution in [3.63, 3.8) is 0 Å². The molecular formula is C28H42N4O3. The molecule has 7 nitrogen and oxygen atoms in total. The Hall–Kier alpha value is -2.38. The molecule has 1 aromatic carbocycles. The van der Waals surface area contributed by atoms with Crippen LogP contribution in [0.1, 0.15) is 83.2 Å². The van der Waals surface area contributed by atoms with Gasteiger partial charge >= 0.3 is 6.09 Å². The smallest absolute Gasteiger partial charge is 0.410 e. The first-order valence-electron chi connectivity index (χ1n) is 13.2. The lowest BCUT2D eigenvalue weighted by Crippen LogP contribution is -2.38. The number of benzene rings is 1. The maximum Gasteiger partial charge on any atom is 0.410 e. The van der Waals surface area contributed by atoms with E-state index in [0.717, 1.165) is 43.6 Å². The van der Waals surface area contributed by atoms with Gasteiger partial charge in [0.2, 0.25) is 0 Å². The van der Waals surface area contributed by atoms with Crippen LogP contribution in [-0.2, 0) is 16.0 Å². The fourth-order valence-electron chi connectivity index (χ4n) is 4.84. The molecule has 0 spiro atoms. The summed E-state index contributed by atoms with van der Waals surface area (Å²) in [5.74, 6) is 0. The Morgan fingerprint density at radius 3 is 2.69 bits per heavy atom. The molecule has 1 aromatic heterocycles. The minimum Gasteiger partial charge on any atom is -0.444 e. The van der Waals surface area contributed by atoms with Crippen LogP contribution in [0.2, 0.25) is 0 Å². The summed E-state index contributed by atoms with van der Waals surface area (Å²) in [6, 6.07) is 6.81. The second kappa shape index (κ2) is 11.1. The van der Waals surface area contributed by atoms with Crippen LogP contribution >= 0.6 is 0 Å². The Bertz CT molecular complexity index is 1050. The van der Waals surface area contributed by atoms with Gasteiger partial charge in [-0.1, -0.05) is 12.1 Å². The highest BCUT2D eigenvalue weighted by atomic mass is 16.6. The van der Waals surface area contributed by atoms with Crippen LogP contribution in [0.4, 0.5) is 4.79 Å². The summed E-state index contributed by atoms with van der Waals surface area (Å²) >= 11 is 0. The summed E-state index contributed by atoms with van der Waals surface area (Å²) in [5.41, 5.74) is 4.49. The van der Waals surface area contributed by atoms with E-state index in [1.807, 2.05) is 20.8 Å². The Kier molecular flexibility index (Phi) is 8.17. The molecule has 2 heterocycles. The summed E-state index contributed by atoms with van der Waals surface area (Å²) in [7, 11) is 3.87. The number of carbonyl (C=O) groups excluding carboxylic acids is 1. The number of hydrogen-bond donors (Lipinski definition) is 0. The summed E-state index contributed by atoms with van der Waals surface area (Å²) in [4.78, 5) is 16.2. The van der Waals surface area contributed by atoms with Crippen LogP contribution in [0.25, 0.3) is 16.5 Å². The third-order valence-corrected chi connectivity index (χ3v) is 6.81. The third-order valence-electron chi connectivity index (χ3n) is 6.81. The monoisotopic (exact) mass is 482 g/mol. The maximum absolute atomic E-state index is 12.3. The summed E-state index contributed by atoms with van der Waals surface area (Å²) in [6.45, 7) is 8.49. The van der Waals surface area contributed by atoms with Gasteiger partial charge in [0, 0.05) is 38.7 Å². The number of amides is 1. The fraction of sp³-hybridized carbons (Fsp3) is 0.643.